The highest BCUT2D eigenvalue weighted by Crippen LogP contribution is 2.20. The van der Waals surface area contributed by atoms with Crippen LogP contribution in [-0.4, -0.2) is 11.3 Å². The van der Waals surface area contributed by atoms with Crippen LogP contribution in [0.1, 0.15) is 12.5 Å². The van der Waals surface area contributed by atoms with Crippen molar-refractivity contribution >= 4 is 39.1 Å². The van der Waals surface area contributed by atoms with E-state index >= 15 is 0 Å². The van der Waals surface area contributed by atoms with Crippen LogP contribution in [0, 0.1) is 6.92 Å². The van der Waals surface area contributed by atoms with E-state index < -0.39 is 5.38 Å². The van der Waals surface area contributed by atoms with E-state index in [1.807, 2.05) is 25.1 Å². The number of carbonyl (C=O) groups excluding carboxylic acids is 1. The Kier molecular flexibility index (Phi) is 3.96. The minimum absolute atomic E-state index is 0.183. The maximum absolute atomic E-state index is 11.3. The molecule has 0 bridgehead atoms. The first-order valence-corrected chi connectivity index (χ1v) is 5.44. The van der Waals surface area contributed by atoms with Crippen molar-refractivity contribution < 1.29 is 4.79 Å². The summed E-state index contributed by atoms with van der Waals surface area (Å²) in [6.45, 7) is 3.57. The van der Waals surface area contributed by atoms with Crippen LogP contribution in [0.25, 0.3) is 0 Å². The van der Waals surface area contributed by atoms with E-state index in [-0.39, 0.29) is 5.91 Å². The molecular weight excluding hydrogens is 265 g/mol. The summed E-state index contributed by atoms with van der Waals surface area (Å²) in [7, 11) is 0. The number of nitrogens with one attached hydrogen (secondary N) is 1. The Morgan fingerprint density at radius 3 is 2.71 bits per heavy atom. The summed E-state index contributed by atoms with van der Waals surface area (Å²) in [6, 6.07) is 5.66. The molecule has 1 unspecified atom stereocenters. The number of benzene rings is 1. The number of anilines is 1. The summed E-state index contributed by atoms with van der Waals surface area (Å²) >= 11 is 8.99. The highest BCUT2D eigenvalue weighted by Gasteiger charge is 2.10. The van der Waals surface area contributed by atoms with Gasteiger partial charge < -0.3 is 5.32 Å². The molecule has 0 heterocycles. The molecule has 4 heteroatoms. The third kappa shape index (κ3) is 3.00. The SMILES string of the molecule is Cc1cc(Br)ccc1NC(=O)C(C)Cl. The maximum atomic E-state index is 11.3. The topological polar surface area (TPSA) is 29.1 Å². The van der Waals surface area contributed by atoms with Gasteiger partial charge in [-0.2, -0.15) is 0 Å². The monoisotopic (exact) mass is 275 g/mol. The molecule has 1 N–H and O–H groups in total. The van der Waals surface area contributed by atoms with Crippen LogP contribution in [0.3, 0.4) is 0 Å². The van der Waals surface area contributed by atoms with Crippen molar-refractivity contribution in [2.75, 3.05) is 5.32 Å². The van der Waals surface area contributed by atoms with Crippen molar-refractivity contribution in [2.24, 2.45) is 0 Å². The molecule has 76 valence electrons. The average Bonchev–Trinajstić information content (AvgIpc) is 2.09. The summed E-state index contributed by atoms with van der Waals surface area (Å²) < 4.78 is 0.993. The molecule has 1 aromatic rings. The predicted molar refractivity (Wildman–Crippen MR) is 62.8 cm³/mol. The number of aryl methyl sites for hydroxylation is 1. The van der Waals surface area contributed by atoms with Crippen molar-refractivity contribution in [3.8, 4) is 0 Å². The summed E-state index contributed by atoms with van der Waals surface area (Å²) in [5.74, 6) is -0.183. The molecule has 1 rings (SSSR count). The Morgan fingerprint density at radius 1 is 1.57 bits per heavy atom. The summed E-state index contributed by atoms with van der Waals surface area (Å²) in [6.07, 6.45) is 0. The van der Waals surface area contributed by atoms with Gasteiger partial charge in [0.15, 0.2) is 0 Å². The Labute approximate surface area is 96.8 Å². The van der Waals surface area contributed by atoms with Gasteiger partial charge in [-0.25, -0.2) is 0 Å². The zero-order chi connectivity index (χ0) is 10.7. The van der Waals surface area contributed by atoms with Crippen molar-refractivity contribution in [3.05, 3.63) is 28.2 Å². The third-order valence-corrected chi connectivity index (χ3v) is 2.50. The molecule has 1 amide bonds. The normalized spacial score (nSPS) is 12.3. The van der Waals surface area contributed by atoms with Gasteiger partial charge >= 0.3 is 0 Å². The molecular formula is C10H11BrClNO. The van der Waals surface area contributed by atoms with Gasteiger partial charge in [-0.15, -0.1) is 11.6 Å². The molecule has 0 aromatic heterocycles. The Morgan fingerprint density at radius 2 is 2.21 bits per heavy atom. The van der Waals surface area contributed by atoms with Gasteiger partial charge in [0.2, 0.25) is 5.91 Å². The van der Waals surface area contributed by atoms with E-state index in [1.54, 1.807) is 6.92 Å². The average molecular weight is 277 g/mol. The van der Waals surface area contributed by atoms with E-state index in [1.165, 1.54) is 0 Å². The van der Waals surface area contributed by atoms with Crippen molar-refractivity contribution in [3.63, 3.8) is 0 Å². The smallest absolute Gasteiger partial charge is 0.242 e. The Bertz CT molecular complexity index is 352. The molecule has 0 aliphatic rings. The largest absolute Gasteiger partial charge is 0.325 e. The Hall–Kier alpha value is -0.540. The lowest BCUT2D eigenvalue weighted by Crippen LogP contribution is -2.20. The van der Waals surface area contributed by atoms with Gasteiger partial charge in [0.05, 0.1) is 0 Å². The van der Waals surface area contributed by atoms with E-state index in [4.69, 9.17) is 11.6 Å². The number of amides is 1. The van der Waals surface area contributed by atoms with Crippen LogP contribution >= 0.6 is 27.5 Å². The number of carbonyl (C=O) groups is 1. The van der Waals surface area contributed by atoms with Crippen LogP contribution in [0.5, 0.6) is 0 Å². The number of hydrogen-bond acceptors (Lipinski definition) is 1. The molecule has 0 saturated carbocycles. The molecule has 0 aliphatic heterocycles. The molecule has 0 saturated heterocycles. The molecule has 14 heavy (non-hydrogen) atoms. The fourth-order valence-electron chi connectivity index (χ4n) is 1.000. The molecule has 0 radical (unpaired) electrons. The van der Waals surface area contributed by atoms with E-state index in [0.29, 0.717) is 0 Å². The van der Waals surface area contributed by atoms with Gasteiger partial charge in [0.25, 0.3) is 0 Å². The van der Waals surface area contributed by atoms with Crippen LogP contribution in [-0.2, 0) is 4.79 Å². The fourth-order valence-corrected chi connectivity index (χ4v) is 1.53. The van der Waals surface area contributed by atoms with E-state index in [9.17, 15) is 4.79 Å². The highest BCUT2D eigenvalue weighted by atomic mass is 79.9. The van der Waals surface area contributed by atoms with Gasteiger partial charge in [0.1, 0.15) is 5.38 Å². The molecule has 1 aromatic carbocycles. The zero-order valence-electron chi connectivity index (χ0n) is 7.97. The van der Waals surface area contributed by atoms with Crippen LogP contribution in [0.2, 0.25) is 0 Å². The minimum Gasteiger partial charge on any atom is -0.325 e. The second-order valence-electron chi connectivity index (χ2n) is 3.06. The molecule has 1 atom stereocenters. The van der Waals surface area contributed by atoms with Crippen LogP contribution < -0.4 is 5.32 Å². The lowest BCUT2D eigenvalue weighted by molar-refractivity contribution is -0.115. The van der Waals surface area contributed by atoms with Crippen molar-refractivity contribution in [2.45, 2.75) is 19.2 Å². The molecule has 0 aliphatic carbocycles. The number of rotatable bonds is 2. The first-order chi connectivity index (χ1) is 6.50. The lowest BCUT2D eigenvalue weighted by Gasteiger charge is -2.09. The third-order valence-electron chi connectivity index (χ3n) is 1.81. The minimum atomic E-state index is -0.516. The van der Waals surface area contributed by atoms with Crippen LogP contribution in [0.4, 0.5) is 5.69 Å². The number of hydrogen-bond donors (Lipinski definition) is 1. The van der Waals surface area contributed by atoms with Gasteiger partial charge in [-0.05, 0) is 37.6 Å². The molecule has 0 fully saturated rings. The fraction of sp³-hybridized carbons (Fsp3) is 0.300. The van der Waals surface area contributed by atoms with E-state index in [2.05, 4.69) is 21.2 Å². The standard InChI is InChI=1S/C10H11BrClNO/c1-6-5-8(11)3-4-9(6)13-10(14)7(2)12/h3-5,7H,1-2H3,(H,13,14). The quantitative estimate of drug-likeness (QED) is 0.825. The lowest BCUT2D eigenvalue weighted by atomic mass is 10.2. The summed E-state index contributed by atoms with van der Waals surface area (Å²) in [5.41, 5.74) is 1.80. The number of halogens is 2. The summed E-state index contributed by atoms with van der Waals surface area (Å²) in [5, 5.41) is 2.23. The van der Waals surface area contributed by atoms with E-state index in [0.717, 1.165) is 15.7 Å². The van der Waals surface area contributed by atoms with Gasteiger partial charge in [0, 0.05) is 10.2 Å². The molecule has 2 nitrogen and oxygen atoms in total. The second kappa shape index (κ2) is 4.80. The Balaban J connectivity index is 2.82. The maximum Gasteiger partial charge on any atom is 0.242 e. The van der Waals surface area contributed by atoms with Crippen molar-refractivity contribution in [1.82, 2.24) is 0 Å². The van der Waals surface area contributed by atoms with Gasteiger partial charge in [-0.1, -0.05) is 15.9 Å². The van der Waals surface area contributed by atoms with Crippen LogP contribution in [0.15, 0.2) is 22.7 Å². The van der Waals surface area contributed by atoms with Gasteiger partial charge in [-0.3, -0.25) is 4.79 Å². The molecule has 0 spiro atoms. The first-order valence-electron chi connectivity index (χ1n) is 4.22. The highest BCUT2D eigenvalue weighted by molar-refractivity contribution is 9.10. The van der Waals surface area contributed by atoms with Crippen molar-refractivity contribution in [1.29, 1.82) is 0 Å². The summed E-state index contributed by atoms with van der Waals surface area (Å²) in [4.78, 5) is 11.3. The predicted octanol–water partition coefficient (Wildman–Crippen LogP) is 3.32. The first kappa shape index (κ1) is 11.5. The zero-order valence-corrected chi connectivity index (χ0v) is 10.3. The number of alkyl halides is 1. The second-order valence-corrected chi connectivity index (χ2v) is 4.63.